The van der Waals surface area contributed by atoms with Gasteiger partial charge in [0.25, 0.3) is 5.69 Å². The molecule has 1 aromatic heterocycles. The topological polar surface area (TPSA) is 111 Å². The summed E-state index contributed by atoms with van der Waals surface area (Å²) in [4.78, 5) is 26.3. The first-order chi connectivity index (χ1) is 13.0. The second-order valence-electron chi connectivity index (χ2n) is 5.78. The van der Waals surface area contributed by atoms with Crippen LogP contribution in [-0.2, 0) is 11.3 Å². The fourth-order valence-electron chi connectivity index (χ4n) is 2.33. The number of nitro benzene ring substituents is 1. The SMILES string of the molecule is Cc1cccc(-c2noc(CNC(=O)/C=C/c3ccc([N+](=O)[O-])cc3)n2)c1. The third kappa shape index (κ3) is 4.85. The largest absolute Gasteiger partial charge is 0.343 e. The Morgan fingerprint density at radius 1 is 1.26 bits per heavy atom. The number of non-ortho nitro benzene ring substituents is 1. The average Bonchev–Trinajstić information content (AvgIpc) is 3.14. The van der Waals surface area contributed by atoms with Crippen LogP contribution in [-0.4, -0.2) is 21.0 Å². The van der Waals surface area contributed by atoms with Crippen molar-refractivity contribution in [3.63, 3.8) is 0 Å². The lowest BCUT2D eigenvalue weighted by atomic mass is 10.1. The van der Waals surface area contributed by atoms with Crippen molar-refractivity contribution in [1.82, 2.24) is 15.5 Å². The lowest BCUT2D eigenvalue weighted by Crippen LogP contribution is -2.20. The summed E-state index contributed by atoms with van der Waals surface area (Å²) < 4.78 is 5.14. The molecule has 0 bridgehead atoms. The maximum absolute atomic E-state index is 11.9. The highest BCUT2D eigenvalue weighted by Crippen LogP contribution is 2.17. The van der Waals surface area contributed by atoms with E-state index in [-0.39, 0.29) is 18.1 Å². The highest BCUT2D eigenvalue weighted by Gasteiger charge is 2.09. The van der Waals surface area contributed by atoms with Gasteiger partial charge in [0.2, 0.25) is 17.6 Å². The van der Waals surface area contributed by atoms with E-state index in [4.69, 9.17) is 4.52 Å². The van der Waals surface area contributed by atoms with Crippen molar-refractivity contribution in [3.8, 4) is 11.4 Å². The van der Waals surface area contributed by atoms with Crippen LogP contribution in [0.5, 0.6) is 0 Å². The molecule has 0 aliphatic rings. The number of hydrogen-bond donors (Lipinski definition) is 1. The van der Waals surface area contributed by atoms with E-state index in [1.54, 1.807) is 18.2 Å². The Morgan fingerprint density at radius 2 is 2.04 bits per heavy atom. The number of nitro groups is 1. The van der Waals surface area contributed by atoms with Gasteiger partial charge < -0.3 is 9.84 Å². The minimum absolute atomic E-state index is 0.00240. The van der Waals surface area contributed by atoms with Crippen molar-refractivity contribution >= 4 is 17.7 Å². The molecule has 0 fully saturated rings. The quantitative estimate of drug-likeness (QED) is 0.408. The van der Waals surface area contributed by atoms with Crippen molar-refractivity contribution in [1.29, 1.82) is 0 Å². The molecular formula is C19H16N4O4. The monoisotopic (exact) mass is 364 g/mol. The van der Waals surface area contributed by atoms with E-state index >= 15 is 0 Å². The van der Waals surface area contributed by atoms with Crippen LogP contribution >= 0.6 is 0 Å². The molecule has 1 amide bonds. The molecule has 2 aromatic carbocycles. The summed E-state index contributed by atoms with van der Waals surface area (Å²) in [5, 5.41) is 17.2. The highest BCUT2D eigenvalue weighted by atomic mass is 16.6. The molecule has 8 nitrogen and oxygen atoms in total. The molecule has 27 heavy (non-hydrogen) atoms. The molecular weight excluding hydrogens is 348 g/mol. The van der Waals surface area contributed by atoms with Crippen molar-refractivity contribution in [2.24, 2.45) is 0 Å². The fourth-order valence-corrected chi connectivity index (χ4v) is 2.33. The van der Waals surface area contributed by atoms with E-state index in [2.05, 4.69) is 15.5 Å². The van der Waals surface area contributed by atoms with Crippen molar-refractivity contribution in [2.75, 3.05) is 0 Å². The van der Waals surface area contributed by atoms with Crippen molar-refractivity contribution in [2.45, 2.75) is 13.5 Å². The van der Waals surface area contributed by atoms with Crippen LogP contribution in [0.15, 0.2) is 59.1 Å². The number of amides is 1. The van der Waals surface area contributed by atoms with Crippen molar-refractivity contribution in [3.05, 3.63) is 81.7 Å². The predicted molar refractivity (Wildman–Crippen MR) is 98.4 cm³/mol. The number of carbonyl (C=O) groups is 1. The third-order valence-corrected chi connectivity index (χ3v) is 3.69. The number of nitrogens with zero attached hydrogens (tertiary/aromatic N) is 3. The van der Waals surface area contributed by atoms with E-state index in [9.17, 15) is 14.9 Å². The van der Waals surface area contributed by atoms with E-state index < -0.39 is 4.92 Å². The second-order valence-corrected chi connectivity index (χ2v) is 5.78. The van der Waals surface area contributed by atoms with E-state index in [1.165, 1.54) is 18.2 Å². The van der Waals surface area contributed by atoms with Gasteiger partial charge in [-0.15, -0.1) is 0 Å². The molecule has 136 valence electrons. The Kier molecular flexibility index (Phi) is 5.36. The maximum atomic E-state index is 11.9. The van der Waals surface area contributed by atoms with Gasteiger partial charge in [-0.05, 0) is 36.8 Å². The molecule has 0 saturated carbocycles. The summed E-state index contributed by atoms with van der Waals surface area (Å²) in [6.45, 7) is 2.07. The van der Waals surface area contributed by atoms with E-state index in [0.29, 0.717) is 17.3 Å². The number of rotatable bonds is 6. The van der Waals surface area contributed by atoms with Crippen LogP contribution in [0.4, 0.5) is 5.69 Å². The van der Waals surface area contributed by atoms with Gasteiger partial charge in [0, 0.05) is 23.8 Å². The zero-order valence-corrected chi connectivity index (χ0v) is 14.5. The minimum Gasteiger partial charge on any atom is -0.343 e. The van der Waals surface area contributed by atoms with E-state index in [0.717, 1.165) is 11.1 Å². The Bertz CT molecular complexity index is 993. The number of carbonyl (C=O) groups excluding carboxylic acids is 1. The van der Waals surface area contributed by atoms with Gasteiger partial charge in [-0.1, -0.05) is 28.9 Å². The second kappa shape index (κ2) is 8.05. The summed E-state index contributed by atoms with van der Waals surface area (Å²) >= 11 is 0. The van der Waals surface area contributed by atoms with Crippen LogP contribution in [0.2, 0.25) is 0 Å². The lowest BCUT2D eigenvalue weighted by molar-refractivity contribution is -0.384. The number of hydrogen-bond acceptors (Lipinski definition) is 6. The van der Waals surface area contributed by atoms with Gasteiger partial charge in [0.15, 0.2) is 0 Å². The predicted octanol–water partition coefficient (Wildman–Crippen LogP) is 3.28. The number of aromatic nitrogens is 2. The number of nitrogens with one attached hydrogen (secondary N) is 1. The summed E-state index contributed by atoms with van der Waals surface area (Å²) in [5.41, 5.74) is 2.60. The van der Waals surface area contributed by atoms with Gasteiger partial charge in [-0.25, -0.2) is 0 Å². The molecule has 0 atom stereocenters. The zero-order chi connectivity index (χ0) is 19.2. The molecule has 0 aliphatic carbocycles. The first-order valence-electron chi connectivity index (χ1n) is 8.11. The summed E-state index contributed by atoms with van der Waals surface area (Å²) in [7, 11) is 0. The minimum atomic E-state index is -0.477. The summed E-state index contributed by atoms with van der Waals surface area (Å²) in [6.07, 6.45) is 2.89. The molecule has 8 heteroatoms. The standard InChI is InChI=1S/C19H16N4O4/c1-13-3-2-4-15(11-13)19-21-18(27-22-19)12-20-17(24)10-7-14-5-8-16(9-6-14)23(25)26/h2-11H,12H2,1H3,(H,20,24)/b10-7+. The Morgan fingerprint density at radius 3 is 2.74 bits per heavy atom. The van der Waals surface area contributed by atoms with Gasteiger partial charge in [0.05, 0.1) is 11.5 Å². The van der Waals surface area contributed by atoms with Gasteiger partial charge in [0.1, 0.15) is 0 Å². The molecule has 0 aliphatic heterocycles. The average molecular weight is 364 g/mol. The third-order valence-electron chi connectivity index (χ3n) is 3.69. The Labute approximate surface area is 154 Å². The van der Waals surface area contributed by atoms with Crippen molar-refractivity contribution < 1.29 is 14.2 Å². The molecule has 1 N–H and O–H groups in total. The molecule has 3 rings (SSSR count). The lowest BCUT2D eigenvalue weighted by Gasteiger charge is -1.97. The maximum Gasteiger partial charge on any atom is 0.269 e. The van der Waals surface area contributed by atoms with Crippen LogP contribution in [0.3, 0.4) is 0 Å². The van der Waals surface area contributed by atoms with Gasteiger partial charge >= 0.3 is 0 Å². The molecule has 0 radical (unpaired) electrons. The van der Waals surface area contributed by atoms with Crippen LogP contribution < -0.4 is 5.32 Å². The van der Waals surface area contributed by atoms with Crippen LogP contribution in [0.25, 0.3) is 17.5 Å². The van der Waals surface area contributed by atoms with Gasteiger partial charge in [-0.2, -0.15) is 4.98 Å². The summed E-state index contributed by atoms with van der Waals surface area (Å²) in [5.74, 6) is 0.414. The first-order valence-corrected chi connectivity index (χ1v) is 8.11. The highest BCUT2D eigenvalue weighted by molar-refractivity contribution is 5.91. The van der Waals surface area contributed by atoms with E-state index in [1.807, 2.05) is 31.2 Å². The Balaban J connectivity index is 1.55. The first kappa shape index (κ1) is 18.0. The number of benzene rings is 2. The fraction of sp³-hybridized carbons (Fsp3) is 0.105. The zero-order valence-electron chi connectivity index (χ0n) is 14.5. The van der Waals surface area contributed by atoms with Crippen LogP contribution in [0, 0.1) is 17.0 Å². The molecule has 0 spiro atoms. The number of aryl methyl sites for hydroxylation is 1. The molecule has 1 heterocycles. The molecule has 0 saturated heterocycles. The molecule has 0 unspecified atom stereocenters. The summed E-state index contributed by atoms with van der Waals surface area (Å²) in [6, 6.07) is 13.6. The van der Waals surface area contributed by atoms with Crippen LogP contribution in [0.1, 0.15) is 17.0 Å². The normalized spacial score (nSPS) is 10.9. The Hall–Kier alpha value is -3.81. The smallest absolute Gasteiger partial charge is 0.269 e. The van der Waals surface area contributed by atoms with Gasteiger partial charge in [-0.3, -0.25) is 14.9 Å². The molecule has 3 aromatic rings.